The molecule has 0 N–H and O–H groups in total. The fourth-order valence-corrected chi connectivity index (χ4v) is 1.15. The zero-order chi connectivity index (χ0) is 12.1. The van der Waals surface area contributed by atoms with Crippen LogP contribution in [0.4, 0.5) is 0 Å². The van der Waals surface area contributed by atoms with Gasteiger partial charge in [-0.3, -0.25) is 14.4 Å². The fourth-order valence-electron chi connectivity index (χ4n) is 1.15. The van der Waals surface area contributed by atoms with Crippen LogP contribution in [0, 0.1) is 10.1 Å². The first-order chi connectivity index (χ1) is 7.52. The first-order valence-corrected chi connectivity index (χ1v) is 4.43. The van der Waals surface area contributed by atoms with Gasteiger partial charge in [0.2, 0.25) is 6.10 Å². The molecule has 0 aliphatic rings. The highest BCUT2D eigenvalue weighted by Gasteiger charge is 2.28. The summed E-state index contributed by atoms with van der Waals surface area (Å²) in [5, 5.41) is 8.98. The molecule has 6 heteroatoms. The molecule has 0 aliphatic carbocycles. The average Bonchev–Trinajstić information content (AvgIpc) is 2.25. The number of carbonyl (C=O) groups excluding carboxylic acids is 2. The molecular weight excluding hydrogens is 214 g/mol. The van der Waals surface area contributed by atoms with Gasteiger partial charge >= 0.3 is 0 Å². The second-order valence-electron chi connectivity index (χ2n) is 3.05. The highest BCUT2D eigenvalue weighted by atomic mass is 17.0. The quantitative estimate of drug-likeness (QED) is 0.322. The monoisotopic (exact) mass is 223 g/mol. The minimum absolute atomic E-state index is 0.199. The van der Waals surface area contributed by atoms with E-state index in [2.05, 4.69) is 4.84 Å². The lowest BCUT2D eigenvalue weighted by Gasteiger charge is -2.09. The van der Waals surface area contributed by atoms with E-state index in [9.17, 15) is 19.7 Å². The molecule has 0 amide bonds. The van der Waals surface area contributed by atoms with Gasteiger partial charge in [-0.25, -0.2) is 0 Å². The summed E-state index contributed by atoms with van der Waals surface area (Å²) in [5.41, 5.74) is 0.199. The first kappa shape index (κ1) is 11.8. The van der Waals surface area contributed by atoms with Crippen LogP contribution in [0.1, 0.15) is 17.3 Å². The Morgan fingerprint density at radius 1 is 1.31 bits per heavy atom. The molecule has 6 nitrogen and oxygen atoms in total. The van der Waals surface area contributed by atoms with Crippen molar-refractivity contribution in [1.29, 1.82) is 0 Å². The molecule has 0 fully saturated rings. The second kappa shape index (κ2) is 5.01. The van der Waals surface area contributed by atoms with Gasteiger partial charge in [-0.2, -0.15) is 0 Å². The number of ketones is 2. The third-order valence-electron chi connectivity index (χ3n) is 1.86. The molecule has 0 aromatic heterocycles. The molecular formula is C10H9NO5. The number of benzene rings is 1. The molecule has 1 aromatic rings. The summed E-state index contributed by atoms with van der Waals surface area (Å²) >= 11 is 0. The number of hydrogen-bond acceptors (Lipinski definition) is 5. The maximum absolute atomic E-state index is 11.7. The average molecular weight is 223 g/mol. The zero-order valence-electron chi connectivity index (χ0n) is 8.45. The van der Waals surface area contributed by atoms with E-state index < -0.39 is 22.8 Å². The van der Waals surface area contributed by atoms with E-state index in [0.717, 1.165) is 6.92 Å². The molecule has 0 heterocycles. The summed E-state index contributed by atoms with van der Waals surface area (Å²) in [6, 6.07) is 7.80. The molecule has 1 aromatic carbocycles. The van der Waals surface area contributed by atoms with Crippen molar-refractivity contribution in [2.24, 2.45) is 0 Å². The van der Waals surface area contributed by atoms with Crippen LogP contribution in [0.5, 0.6) is 0 Å². The molecule has 1 atom stereocenters. The van der Waals surface area contributed by atoms with Crippen molar-refractivity contribution < 1.29 is 19.5 Å². The summed E-state index contributed by atoms with van der Waals surface area (Å²) < 4.78 is 0. The Balaban J connectivity index is 2.92. The van der Waals surface area contributed by atoms with Crippen molar-refractivity contribution in [3.8, 4) is 0 Å². The van der Waals surface area contributed by atoms with Crippen LogP contribution in [0.15, 0.2) is 30.3 Å². The topological polar surface area (TPSA) is 86.5 Å². The molecule has 1 rings (SSSR count). The van der Waals surface area contributed by atoms with E-state index in [1.54, 1.807) is 18.2 Å². The maximum atomic E-state index is 11.7. The van der Waals surface area contributed by atoms with Gasteiger partial charge in [0.25, 0.3) is 5.09 Å². The molecule has 0 saturated heterocycles. The van der Waals surface area contributed by atoms with Crippen molar-refractivity contribution in [3.63, 3.8) is 0 Å². The SMILES string of the molecule is CC(=O)C(O[N+](=O)[O-])C(=O)c1ccccc1. The van der Waals surface area contributed by atoms with E-state index in [1.807, 2.05) is 0 Å². The van der Waals surface area contributed by atoms with Crippen molar-refractivity contribution in [2.45, 2.75) is 13.0 Å². The van der Waals surface area contributed by atoms with Crippen LogP contribution in [-0.2, 0) is 9.63 Å². The Hall–Kier alpha value is -2.24. The van der Waals surface area contributed by atoms with E-state index in [4.69, 9.17) is 0 Å². The van der Waals surface area contributed by atoms with E-state index in [0.29, 0.717) is 0 Å². The summed E-state index contributed by atoms with van der Waals surface area (Å²) in [6.07, 6.45) is -1.68. The molecule has 84 valence electrons. The first-order valence-electron chi connectivity index (χ1n) is 4.43. The Morgan fingerprint density at radius 3 is 2.31 bits per heavy atom. The van der Waals surface area contributed by atoms with Crippen molar-refractivity contribution in [1.82, 2.24) is 0 Å². The number of Topliss-reactive ketones (excluding diaryl/α,β-unsaturated/α-hetero) is 2. The summed E-state index contributed by atoms with van der Waals surface area (Å²) in [4.78, 5) is 36.9. The Morgan fingerprint density at radius 2 is 1.88 bits per heavy atom. The summed E-state index contributed by atoms with van der Waals surface area (Å²) in [6.45, 7) is 1.06. The Bertz CT molecular complexity index is 414. The molecule has 16 heavy (non-hydrogen) atoms. The lowest BCUT2D eigenvalue weighted by molar-refractivity contribution is -0.760. The van der Waals surface area contributed by atoms with Crippen LogP contribution in [-0.4, -0.2) is 22.8 Å². The molecule has 0 aliphatic heterocycles. The lowest BCUT2D eigenvalue weighted by atomic mass is 10.0. The van der Waals surface area contributed by atoms with Crippen molar-refractivity contribution in [2.75, 3.05) is 0 Å². The highest BCUT2D eigenvalue weighted by Crippen LogP contribution is 2.07. The van der Waals surface area contributed by atoms with Crippen molar-refractivity contribution >= 4 is 11.6 Å². The van der Waals surface area contributed by atoms with Crippen LogP contribution in [0.3, 0.4) is 0 Å². The van der Waals surface area contributed by atoms with Crippen LogP contribution in [0.2, 0.25) is 0 Å². The molecule has 1 unspecified atom stereocenters. The third kappa shape index (κ3) is 2.88. The molecule has 0 bridgehead atoms. The fraction of sp³-hybridized carbons (Fsp3) is 0.200. The largest absolute Gasteiger partial charge is 0.297 e. The zero-order valence-corrected chi connectivity index (χ0v) is 8.45. The lowest BCUT2D eigenvalue weighted by Crippen LogP contribution is -2.33. The molecule has 0 radical (unpaired) electrons. The van der Waals surface area contributed by atoms with Crippen LogP contribution >= 0.6 is 0 Å². The standard InChI is InChI=1S/C10H9NO5/c1-7(12)10(16-11(14)15)9(13)8-5-3-2-4-6-8/h2-6,10H,1H3. The van der Waals surface area contributed by atoms with E-state index in [1.165, 1.54) is 12.1 Å². The Labute approximate surface area is 90.9 Å². The van der Waals surface area contributed by atoms with E-state index in [-0.39, 0.29) is 5.56 Å². The number of rotatable bonds is 5. The van der Waals surface area contributed by atoms with Crippen molar-refractivity contribution in [3.05, 3.63) is 46.0 Å². The van der Waals surface area contributed by atoms with Gasteiger partial charge in [0, 0.05) is 5.56 Å². The van der Waals surface area contributed by atoms with Crippen LogP contribution in [0.25, 0.3) is 0 Å². The predicted molar refractivity (Wildman–Crippen MR) is 53.3 cm³/mol. The minimum Gasteiger partial charge on any atom is -0.297 e. The Kier molecular flexibility index (Phi) is 3.71. The van der Waals surface area contributed by atoms with Gasteiger partial charge in [-0.05, 0) is 6.92 Å². The second-order valence-corrected chi connectivity index (χ2v) is 3.05. The minimum atomic E-state index is -1.68. The smallest absolute Gasteiger partial charge is 0.295 e. The highest BCUT2D eigenvalue weighted by molar-refractivity contribution is 6.12. The van der Waals surface area contributed by atoms with Gasteiger partial charge in [-0.15, -0.1) is 10.1 Å². The number of carbonyl (C=O) groups is 2. The normalized spacial score (nSPS) is 11.6. The van der Waals surface area contributed by atoms with Gasteiger partial charge in [0.1, 0.15) is 0 Å². The third-order valence-corrected chi connectivity index (χ3v) is 1.86. The van der Waals surface area contributed by atoms with Gasteiger partial charge in [0.05, 0.1) is 0 Å². The predicted octanol–water partition coefficient (Wildman–Crippen LogP) is 1.04. The molecule has 0 spiro atoms. The maximum Gasteiger partial charge on any atom is 0.295 e. The van der Waals surface area contributed by atoms with Gasteiger partial charge < -0.3 is 0 Å². The molecule has 0 saturated carbocycles. The van der Waals surface area contributed by atoms with Gasteiger partial charge in [0.15, 0.2) is 11.6 Å². The number of hydrogen-bond donors (Lipinski definition) is 0. The summed E-state index contributed by atoms with van der Waals surface area (Å²) in [5.74, 6) is -1.42. The number of nitrogens with zero attached hydrogens (tertiary/aromatic N) is 1. The van der Waals surface area contributed by atoms with E-state index >= 15 is 0 Å². The summed E-state index contributed by atoms with van der Waals surface area (Å²) in [7, 11) is 0. The van der Waals surface area contributed by atoms with Gasteiger partial charge in [-0.1, -0.05) is 30.3 Å². The van der Waals surface area contributed by atoms with Crippen LogP contribution < -0.4 is 0 Å².